The van der Waals surface area contributed by atoms with Crippen LogP contribution in [0.4, 0.5) is 5.95 Å². The van der Waals surface area contributed by atoms with Crippen LogP contribution in [0.3, 0.4) is 0 Å². The van der Waals surface area contributed by atoms with E-state index in [1.807, 2.05) is 43.3 Å². The van der Waals surface area contributed by atoms with Gasteiger partial charge in [-0.15, -0.1) is 0 Å². The Balaban J connectivity index is 2.00. The Bertz CT molecular complexity index is 793. The molecule has 0 atom stereocenters. The molecular formula is C14H13N5O. The quantitative estimate of drug-likeness (QED) is 0.770. The van der Waals surface area contributed by atoms with Crippen molar-refractivity contribution in [1.29, 1.82) is 0 Å². The molecule has 0 unspecified atom stereocenters. The van der Waals surface area contributed by atoms with Crippen LogP contribution < -0.4 is 5.32 Å². The summed E-state index contributed by atoms with van der Waals surface area (Å²) in [5.41, 5.74) is 1.56. The largest absolute Gasteiger partial charge is 0.289 e. The number of aromatic nitrogens is 4. The molecule has 0 radical (unpaired) electrons. The molecule has 2 aromatic carbocycles. The van der Waals surface area contributed by atoms with Crippen molar-refractivity contribution >= 4 is 22.6 Å². The molecule has 0 aliphatic carbocycles. The average Bonchev–Trinajstić information content (AvgIpc) is 2.85. The summed E-state index contributed by atoms with van der Waals surface area (Å²) in [5.74, 6) is 0.105. The number of rotatable bonds is 2. The van der Waals surface area contributed by atoms with Crippen LogP contribution in [0.15, 0.2) is 36.4 Å². The second kappa shape index (κ2) is 4.73. The molecule has 20 heavy (non-hydrogen) atoms. The zero-order valence-corrected chi connectivity index (χ0v) is 11.2. The fourth-order valence-electron chi connectivity index (χ4n) is 2.18. The van der Waals surface area contributed by atoms with Crippen molar-refractivity contribution in [1.82, 2.24) is 20.2 Å². The average molecular weight is 267 g/mol. The molecule has 0 aliphatic rings. The first-order chi connectivity index (χ1) is 9.66. The molecule has 0 bridgehead atoms. The van der Waals surface area contributed by atoms with E-state index in [1.165, 1.54) is 4.68 Å². The molecule has 1 heterocycles. The Morgan fingerprint density at radius 3 is 2.75 bits per heavy atom. The van der Waals surface area contributed by atoms with E-state index in [0.29, 0.717) is 11.5 Å². The number of carbonyl (C=O) groups is 1. The van der Waals surface area contributed by atoms with Crippen molar-refractivity contribution in [3.8, 4) is 0 Å². The fourth-order valence-corrected chi connectivity index (χ4v) is 2.18. The molecule has 100 valence electrons. The molecule has 6 heteroatoms. The summed E-state index contributed by atoms with van der Waals surface area (Å²) in [6.45, 7) is 1.94. The number of hydrogen-bond acceptors (Lipinski definition) is 4. The Hall–Kier alpha value is -2.76. The SMILES string of the molecule is Cc1c(C(=O)Nc2nnnn2C)ccc2ccccc12. The number of hydrogen-bond donors (Lipinski definition) is 1. The van der Waals surface area contributed by atoms with E-state index in [1.54, 1.807) is 7.05 Å². The van der Waals surface area contributed by atoms with Gasteiger partial charge >= 0.3 is 0 Å². The predicted molar refractivity (Wildman–Crippen MR) is 75.4 cm³/mol. The van der Waals surface area contributed by atoms with Crippen molar-refractivity contribution in [3.05, 3.63) is 47.5 Å². The molecule has 0 saturated carbocycles. The Kier molecular flexibility index (Phi) is 2.90. The third kappa shape index (κ3) is 2.01. The number of tetrazole rings is 1. The molecule has 0 fully saturated rings. The maximum Gasteiger partial charge on any atom is 0.258 e. The van der Waals surface area contributed by atoms with E-state index in [0.717, 1.165) is 16.3 Å². The summed E-state index contributed by atoms with van der Waals surface area (Å²) in [6.07, 6.45) is 0. The van der Waals surface area contributed by atoms with Crippen molar-refractivity contribution in [2.45, 2.75) is 6.92 Å². The summed E-state index contributed by atoms with van der Waals surface area (Å²) in [6, 6.07) is 11.7. The number of nitrogens with zero attached hydrogens (tertiary/aromatic N) is 4. The Morgan fingerprint density at radius 2 is 2.00 bits per heavy atom. The van der Waals surface area contributed by atoms with Gasteiger partial charge in [0.25, 0.3) is 5.91 Å². The van der Waals surface area contributed by atoms with Gasteiger partial charge in [0.2, 0.25) is 5.95 Å². The molecule has 6 nitrogen and oxygen atoms in total. The second-order valence-electron chi connectivity index (χ2n) is 4.54. The summed E-state index contributed by atoms with van der Waals surface area (Å²) in [4.78, 5) is 12.3. The standard InChI is InChI=1S/C14H13N5O/c1-9-11-6-4-3-5-10(11)7-8-12(9)13(20)15-14-16-17-18-19(14)2/h3-8H,1-2H3,(H,15,16,18,20). The molecule has 3 rings (SSSR count). The minimum Gasteiger partial charge on any atom is -0.289 e. The molecule has 1 aromatic heterocycles. The lowest BCUT2D eigenvalue weighted by atomic mass is 10.00. The zero-order chi connectivity index (χ0) is 14.1. The Labute approximate surface area is 115 Å². The smallest absolute Gasteiger partial charge is 0.258 e. The van der Waals surface area contributed by atoms with Crippen molar-refractivity contribution in [2.75, 3.05) is 5.32 Å². The van der Waals surface area contributed by atoms with Crippen LogP contribution in [0.25, 0.3) is 10.8 Å². The summed E-state index contributed by atoms with van der Waals surface area (Å²) < 4.78 is 1.41. The molecule has 1 N–H and O–H groups in total. The number of fused-ring (bicyclic) bond motifs is 1. The molecule has 0 aliphatic heterocycles. The van der Waals surface area contributed by atoms with Crippen LogP contribution in [0, 0.1) is 6.92 Å². The first-order valence-corrected chi connectivity index (χ1v) is 6.19. The van der Waals surface area contributed by atoms with Crippen molar-refractivity contribution < 1.29 is 4.79 Å². The highest BCUT2D eigenvalue weighted by Crippen LogP contribution is 2.22. The van der Waals surface area contributed by atoms with E-state index in [9.17, 15) is 4.79 Å². The minimum atomic E-state index is -0.217. The van der Waals surface area contributed by atoms with E-state index < -0.39 is 0 Å². The van der Waals surface area contributed by atoms with Gasteiger partial charge in [0.05, 0.1) is 0 Å². The van der Waals surface area contributed by atoms with Crippen LogP contribution in [0.2, 0.25) is 0 Å². The third-order valence-corrected chi connectivity index (χ3v) is 3.29. The van der Waals surface area contributed by atoms with Crippen LogP contribution in [0.5, 0.6) is 0 Å². The maximum absolute atomic E-state index is 12.3. The van der Waals surface area contributed by atoms with Crippen LogP contribution in [-0.2, 0) is 7.05 Å². The minimum absolute atomic E-state index is 0.217. The zero-order valence-electron chi connectivity index (χ0n) is 11.2. The first kappa shape index (κ1) is 12.3. The Morgan fingerprint density at radius 1 is 1.20 bits per heavy atom. The van der Waals surface area contributed by atoms with Gasteiger partial charge in [0, 0.05) is 12.6 Å². The number of benzene rings is 2. The number of carbonyl (C=O) groups excluding carboxylic acids is 1. The highest BCUT2D eigenvalue weighted by Gasteiger charge is 2.13. The molecule has 1 amide bonds. The van der Waals surface area contributed by atoms with Crippen LogP contribution in [-0.4, -0.2) is 26.1 Å². The molecular weight excluding hydrogens is 254 g/mol. The lowest BCUT2D eigenvalue weighted by Gasteiger charge is -2.09. The van der Waals surface area contributed by atoms with Gasteiger partial charge < -0.3 is 0 Å². The monoisotopic (exact) mass is 267 g/mol. The van der Waals surface area contributed by atoms with E-state index in [2.05, 4.69) is 20.8 Å². The molecule has 0 saturated heterocycles. The van der Waals surface area contributed by atoms with Gasteiger partial charge in [0.15, 0.2) is 0 Å². The first-order valence-electron chi connectivity index (χ1n) is 6.19. The van der Waals surface area contributed by atoms with Crippen molar-refractivity contribution in [2.24, 2.45) is 7.05 Å². The highest BCUT2D eigenvalue weighted by atomic mass is 16.1. The lowest BCUT2D eigenvalue weighted by Crippen LogP contribution is -2.16. The predicted octanol–water partition coefficient (Wildman–Crippen LogP) is 1.92. The number of nitrogens with one attached hydrogen (secondary N) is 1. The maximum atomic E-state index is 12.3. The van der Waals surface area contributed by atoms with Gasteiger partial charge in [-0.2, -0.15) is 0 Å². The lowest BCUT2D eigenvalue weighted by molar-refractivity contribution is 0.102. The van der Waals surface area contributed by atoms with Crippen LogP contribution in [0.1, 0.15) is 15.9 Å². The van der Waals surface area contributed by atoms with E-state index >= 15 is 0 Å². The normalized spacial score (nSPS) is 10.7. The molecule has 3 aromatic rings. The van der Waals surface area contributed by atoms with Gasteiger partial charge in [0.1, 0.15) is 0 Å². The van der Waals surface area contributed by atoms with Gasteiger partial charge in [-0.25, -0.2) is 4.68 Å². The van der Waals surface area contributed by atoms with Crippen molar-refractivity contribution in [3.63, 3.8) is 0 Å². The highest BCUT2D eigenvalue weighted by molar-refractivity contribution is 6.07. The van der Waals surface area contributed by atoms with Gasteiger partial charge in [-0.1, -0.05) is 35.4 Å². The number of amides is 1. The number of anilines is 1. The van der Waals surface area contributed by atoms with E-state index in [4.69, 9.17) is 0 Å². The second-order valence-corrected chi connectivity index (χ2v) is 4.54. The van der Waals surface area contributed by atoms with Gasteiger partial charge in [-0.05, 0) is 39.8 Å². The summed E-state index contributed by atoms with van der Waals surface area (Å²) in [7, 11) is 1.67. The molecule has 0 spiro atoms. The van der Waals surface area contributed by atoms with Gasteiger partial charge in [-0.3, -0.25) is 10.1 Å². The fraction of sp³-hybridized carbons (Fsp3) is 0.143. The summed E-state index contributed by atoms with van der Waals surface area (Å²) in [5, 5.41) is 15.8. The topological polar surface area (TPSA) is 72.7 Å². The third-order valence-electron chi connectivity index (χ3n) is 3.29. The summed E-state index contributed by atoms with van der Waals surface area (Å²) >= 11 is 0. The van der Waals surface area contributed by atoms with Crippen LogP contribution >= 0.6 is 0 Å². The van der Waals surface area contributed by atoms with E-state index in [-0.39, 0.29) is 5.91 Å². The number of aryl methyl sites for hydroxylation is 2.